The van der Waals surface area contributed by atoms with Crippen LogP contribution in [-0.4, -0.2) is 16.0 Å². The van der Waals surface area contributed by atoms with Crippen molar-refractivity contribution in [1.29, 1.82) is 5.26 Å². The van der Waals surface area contributed by atoms with Crippen LogP contribution in [0.4, 0.5) is 0 Å². The summed E-state index contributed by atoms with van der Waals surface area (Å²) in [7, 11) is 0. The van der Waals surface area contributed by atoms with Crippen LogP contribution in [0.25, 0.3) is 6.08 Å². The molecule has 1 N–H and O–H groups in total. The number of aryl methyl sites for hydroxylation is 1. The second-order valence-corrected chi connectivity index (χ2v) is 5.28. The summed E-state index contributed by atoms with van der Waals surface area (Å²) in [6.45, 7) is 5.26. The average molecular weight is 296 g/mol. The highest BCUT2D eigenvalue weighted by Gasteiger charge is 2.27. The monoisotopic (exact) mass is 296 g/mol. The van der Waals surface area contributed by atoms with Gasteiger partial charge in [0.15, 0.2) is 5.82 Å². The van der Waals surface area contributed by atoms with Crippen LogP contribution in [-0.2, 0) is 10.3 Å². The largest absolute Gasteiger partial charge is 0.340 e. The lowest BCUT2D eigenvalue weighted by molar-refractivity contribution is -0.118. The molecule has 0 aliphatic carbocycles. The number of carbonyl (C=O) groups is 1. The number of nitrogens with one attached hydrogen (secondary N) is 1. The zero-order valence-electron chi connectivity index (χ0n) is 12.6. The molecule has 6 heteroatoms. The molecule has 0 spiro atoms. The van der Waals surface area contributed by atoms with Gasteiger partial charge in [0.2, 0.25) is 11.8 Å². The van der Waals surface area contributed by atoms with E-state index in [1.54, 1.807) is 45.0 Å². The Bertz CT molecular complexity index is 754. The molecule has 1 aromatic carbocycles. The third-order valence-electron chi connectivity index (χ3n) is 3.02. The first kappa shape index (κ1) is 15.4. The Morgan fingerprint density at radius 3 is 2.77 bits per heavy atom. The Labute approximate surface area is 128 Å². The fourth-order valence-corrected chi connectivity index (χ4v) is 1.87. The fourth-order valence-electron chi connectivity index (χ4n) is 1.87. The summed E-state index contributed by atoms with van der Waals surface area (Å²) in [6.07, 6.45) is 2.98. The second kappa shape index (κ2) is 6.22. The van der Waals surface area contributed by atoms with Gasteiger partial charge in [0.25, 0.3) is 0 Å². The second-order valence-electron chi connectivity index (χ2n) is 5.28. The molecule has 0 aliphatic rings. The van der Waals surface area contributed by atoms with E-state index in [9.17, 15) is 4.79 Å². The molecule has 0 atom stereocenters. The molecule has 0 aliphatic heterocycles. The Balaban J connectivity index is 2.10. The highest BCUT2D eigenvalue weighted by Crippen LogP contribution is 2.16. The average Bonchev–Trinajstić information content (AvgIpc) is 2.92. The maximum atomic E-state index is 12.0. The van der Waals surface area contributed by atoms with E-state index in [-0.39, 0.29) is 5.91 Å². The Morgan fingerprint density at radius 2 is 2.14 bits per heavy atom. The fraction of sp³-hybridized carbons (Fsp3) is 0.250. The normalized spacial score (nSPS) is 11.4. The van der Waals surface area contributed by atoms with Crippen LogP contribution in [0.15, 0.2) is 34.9 Å². The van der Waals surface area contributed by atoms with E-state index in [0.29, 0.717) is 22.8 Å². The van der Waals surface area contributed by atoms with Crippen molar-refractivity contribution in [3.63, 3.8) is 0 Å². The zero-order chi connectivity index (χ0) is 16.2. The van der Waals surface area contributed by atoms with Crippen molar-refractivity contribution in [2.24, 2.45) is 0 Å². The molecule has 112 valence electrons. The van der Waals surface area contributed by atoms with Crippen molar-refractivity contribution in [1.82, 2.24) is 15.5 Å². The van der Waals surface area contributed by atoms with Crippen LogP contribution in [0.2, 0.25) is 0 Å². The molecule has 6 nitrogen and oxygen atoms in total. The topological polar surface area (TPSA) is 91.8 Å². The lowest BCUT2D eigenvalue weighted by Gasteiger charge is -2.21. The van der Waals surface area contributed by atoms with Crippen LogP contribution < -0.4 is 5.32 Å². The number of hydrogen-bond donors (Lipinski definition) is 1. The molecular formula is C16H16N4O2. The minimum Gasteiger partial charge on any atom is -0.340 e. The Kier molecular flexibility index (Phi) is 4.37. The van der Waals surface area contributed by atoms with Gasteiger partial charge < -0.3 is 9.84 Å². The number of nitrogens with zero attached hydrogens (tertiary/aromatic N) is 3. The molecule has 0 saturated carbocycles. The van der Waals surface area contributed by atoms with Gasteiger partial charge in [-0.2, -0.15) is 10.2 Å². The summed E-state index contributed by atoms with van der Waals surface area (Å²) in [6, 6.07) is 9.14. The highest BCUT2D eigenvalue weighted by molar-refractivity contribution is 5.92. The minimum absolute atomic E-state index is 0.305. The molecule has 0 fully saturated rings. The van der Waals surface area contributed by atoms with Gasteiger partial charge in [0.05, 0.1) is 17.2 Å². The molecular weight excluding hydrogens is 280 g/mol. The molecule has 2 aromatic rings. The third-order valence-corrected chi connectivity index (χ3v) is 3.02. The van der Waals surface area contributed by atoms with Crippen LogP contribution in [0, 0.1) is 18.3 Å². The SMILES string of the molecule is Cc1nc(C(C)(C)NC(=O)/C=C\c2ccccc2C#N)no1. The number of rotatable bonds is 4. The Morgan fingerprint density at radius 1 is 1.41 bits per heavy atom. The molecule has 2 rings (SSSR count). The van der Waals surface area contributed by atoms with Gasteiger partial charge in [0.1, 0.15) is 0 Å². The third kappa shape index (κ3) is 3.58. The lowest BCUT2D eigenvalue weighted by Crippen LogP contribution is -2.41. The van der Waals surface area contributed by atoms with E-state index >= 15 is 0 Å². The Hall–Kier alpha value is -2.94. The smallest absolute Gasteiger partial charge is 0.244 e. The molecule has 22 heavy (non-hydrogen) atoms. The molecule has 1 aromatic heterocycles. The summed E-state index contributed by atoms with van der Waals surface area (Å²) in [5.74, 6) is 0.542. The van der Waals surface area contributed by atoms with Gasteiger partial charge in [0, 0.05) is 13.0 Å². The zero-order valence-corrected chi connectivity index (χ0v) is 12.6. The predicted molar refractivity (Wildman–Crippen MR) is 80.4 cm³/mol. The van der Waals surface area contributed by atoms with E-state index in [1.807, 2.05) is 6.07 Å². The summed E-state index contributed by atoms with van der Waals surface area (Å²) in [4.78, 5) is 16.2. The van der Waals surface area contributed by atoms with E-state index < -0.39 is 5.54 Å². The maximum Gasteiger partial charge on any atom is 0.244 e. The number of aromatic nitrogens is 2. The minimum atomic E-state index is -0.756. The lowest BCUT2D eigenvalue weighted by atomic mass is 10.0. The van der Waals surface area contributed by atoms with Gasteiger partial charge >= 0.3 is 0 Å². The van der Waals surface area contributed by atoms with Crippen LogP contribution >= 0.6 is 0 Å². The first-order valence-corrected chi connectivity index (χ1v) is 6.72. The van der Waals surface area contributed by atoms with Crippen LogP contribution in [0.1, 0.15) is 36.7 Å². The number of benzene rings is 1. The van der Waals surface area contributed by atoms with Crippen molar-refractivity contribution in [3.05, 3.63) is 53.2 Å². The summed E-state index contributed by atoms with van der Waals surface area (Å²) in [5.41, 5.74) is 0.446. The number of carbonyl (C=O) groups excluding carboxylic acids is 1. The van der Waals surface area contributed by atoms with Gasteiger partial charge in [-0.1, -0.05) is 23.4 Å². The molecule has 1 amide bonds. The van der Waals surface area contributed by atoms with Crippen molar-refractivity contribution in [2.45, 2.75) is 26.3 Å². The van der Waals surface area contributed by atoms with Gasteiger partial charge in [-0.15, -0.1) is 0 Å². The standard InChI is InChI=1S/C16H16N4O2/c1-11-18-15(20-22-11)16(2,3)19-14(21)9-8-12-6-4-5-7-13(12)10-17/h4-9H,1-3H3,(H,19,21)/b9-8-. The van der Waals surface area contributed by atoms with Crippen molar-refractivity contribution in [2.75, 3.05) is 0 Å². The molecule has 0 saturated heterocycles. The summed E-state index contributed by atoms with van der Waals surface area (Å²) in [5, 5.41) is 15.6. The first-order chi connectivity index (χ1) is 10.4. The van der Waals surface area contributed by atoms with Crippen LogP contribution in [0.5, 0.6) is 0 Å². The summed E-state index contributed by atoms with van der Waals surface area (Å²) >= 11 is 0. The van der Waals surface area contributed by atoms with Gasteiger partial charge in [-0.3, -0.25) is 4.79 Å². The first-order valence-electron chi connectivity index (χ1n) is 6.72. The number of amides is 1. The number of nitriles is 1. The molecule has 1 heterocycles. The van der Waals surface area contributed by atoms with E-state index in [0.717, 1.165) is 0 Å². The van der Waals surface area contributed by atoms with Crippen molar-refractivity contribution >= 4 is 12.0 Å². The van der Waals surface area contributed by atoms with E-state index in [2.05, 4.69) is 21.5 Å². The molecule has 0 radical (unpaired) electrons. The quantitative estimate of drug-likeness (QED) is 0.874. The van der Waals surface area contributed by atoms with Gasteiger partial charge in [-0.05, 0) is 31.6 Å². The molecule has 0 bridgehead atoms. The molecule has 0 unspecified atom stereocenters. The van der Waals surface area contributed by atoms with Gasteiger partial charge in [-0.25, -0.2) is 0 Å². The number of hydrogen-bond acceptors (Lipinski definition) is 5. The van der Waals surface area contributed by atoms with Crippen molar-refractivity contribution in [3.8, 4) is 6.07 Å². The maximum absolute atomic E-state index is 12.0. The van der Waals surface area contributed by atoms with E-state index in [1.165, 1.54) is 6.08 Å². The predicted octanol–water partition coefficient (Wildman–Crippen LogP) is 2.31. The van der Waals surface area contributed by atoms with Crippen molar-refractivity contribution < 1.29 is 9.32 Å². The highest BCUT2D eigenvalue weighted by atomic mass is 16.5. The van der Waals surface area contributed by atoms with Crippen LogP contribution in [0.3, 0.4) is 0 Å². The summed E-state index contributed by atoms with van der Waals surface area (Å²) < 4.78 is 4.93. The van der Waals surface area contributed by atoms with E-state index in [4.69, 9.17) is 9.78 Å².